The van der Waals surface area contributed by atoms with Crippen LogP contribution in [0.15, 0.2) is 34.9 Å². The van der Waals surface area contributed by atoms with Gasteiger partial charge in [-0.2, -0.15) is 0 Å². The molecule has 0 radical (unpaired) electrons. The number of carbonyl (C=O) groups is 1. The van der Waals surface area contributed by atoms with E-state index in [2.05, 4.69) is 35.1 Å². The number of nitrogens with zero attached hydrogens (tertiary/aromatic N) is 2. The first-order valence-corrected chi connectivity index (χ1v) is 8.62. The minimum absolute atomic E-state index is 0.263. The first kappa shape index (κ1) is 19.9. The van der Waals surface area contributed by atoms with Gasteiger partial charge >= 0.3 is 0 Å². The van der Waals surface area contributed by atoms with Gasteiger partial charge in [0.25, 0.3) is 5.91 Å². The van der Waals surface area contributed by atoms with Crippen molar-refractivity contribution in [1.82, 2.24) is 15.2 Å². The summed E-state index contributed by atoms with van der Waals surface area (Å²) in [6.45, 7) is 6.36. The van der Waals surface area contributed by atoms with Crippen LogP contribution in [0.25, 0.3) is 0 Å². The Kier molecular flexibility index (Phi) is 7.62. The summed E-state index contributed by atoms with van der Waals surface area (Å²) in [6, 6.07) is 8.25. The fraction of sp³-hybridized carbons (Fsp3) is 0.474. The van der Waals surface area contributed by atoms with Crippen LogP contribution in [0.2, 0.25) is 0 Å². The van der Waals surface area contributed by atoms with Crippen molar-refractivity contribution >= 4 is 5.91 Å². The minimum Gasteiger partial charge on any atom is -0.497 e. The maximum atomic E-state index is 12.0. The molecule has 0 aliphatic rings. The quantitative estimate of drug-likeness (QED) is 0.655. The molecule has 0 saturated carbocycles. The number of aromatic nitrogens is 1. The lowest BCUT2D eigenvalue weighted by Crippen LogP contribution is -2.30. The van der Waals surface area contributed by atoms with Crippen molar-refractivity contribution in [3.63, 3.8) is 0 Å². The average Bonchev–Trinajstić information content (AvgIpc) is 3.10. The van der Waals surface area contributed by atoms with Crippen LogP contribution in [0.1, 0.15) is 35.8 Å². The largest absolute Gasteiger partial charge is 0.497 e. The van der Waals surface area contributed by atoms with Crippen LogP contribution in [0.4, 0.5) is 0 Å². The van der Waals surface area contributed by atoms with Gasteiger partial charge in [0.1, 0.15) is 12.0 Å². The minimum atomic E-state index is -0.263. The maximum Gasteiger partial charge on any atom is 0.273 e. The van der Waals surface area contributed by atoms with E-state index in [1.165, 1.54) is 6.26 Å². The number of carbonyl (C=O) groups excluding carboxylic acids is 1. The van der Waals surface area contributed by atoms with Gasteiger partial charge in [-0.1, -0.05) is 12.1 Å². The Morgan fingerprint density at radius 3 is 2.81 bits per heavy atom. The second kappa shape index (κ2) is 9.94. The molecule has 0 unspecified atom stereocenters. The number of hydrogen-bond donors (Lipinski definition) is 1. The lowest BCUT2D eigenvalue weighted by atomic mass is 10.2. The molecule has 0 saturated heterocycles. The van der Waals surface area contributed by atoms with Crippen molar-refractivity contribution in [2.24, 2.45) is 0 Å². The second-order valence-electron chi connectivity index (χ2n) is 6.23. The molecule has 7 heteroatoms. The van der Waals surface area contributed by atoms with E-state index in [1.54, 1.807) is 14.2 Å². The second-order valence-corrected chi connectivity index (χ2v) is 6.23. The zero-order valence-corrected chi connectivity index (χ0v) is 15.8. The van der Waals surface area contributed by atoms with E-state index in [0.29, 0.717) is 25.6 Å². The van der Waals surface area contributed by atoms with Crippen molar-refractivity contribution < 1.29 is 18.7 Å². The van der Waals surface area contributed by atoms with Gasteiger partial charge < -0.3 is 19.2 Å². The molecule has 0 spiro atoms. The van der Waals surface area contributed by atoms with Gasteiger partial charge in [-0.3, -0.25) is 9.69 Å². The van der Waals surface area contributed by atoms with E-state index in [4.69, 9.17) is 13.9 Å². The van der Waals surface area contributed by atoms with E-state index in [-0.39, 0.29) is 17.6 Å². The Morgan fingerprint density at radius 2 is 2.12 bits per heavy atom. The summed E-state index contributed by atoms with van der Waals surface area (Å²) >= 11 is 0. The summed E-state index contributed by atoms with van der Waals surface area (Å²) in [5, 5.41) is 2.73. The van der Waals surface area contributed by atoms with E-state index in [1.807, 2.05) is 18.2 Å². The highest BCUT2D eigenvalue weighted by molar-refractivity contribution is 5.91. The Hall–Kier alpha value is -2.38. The highest BCUT2D eigenvalue weighted by Gasteiger charge is 2.17. The summed E-state index contributed by atoms with van der Waals surface area (Å²) < 4.78 is 15.7. The van der Waals surface area contributed by atoms with Crippen molar-refractivity contribution in [1.29, 1.82) is 0 Å². The Bertz CT molecular complexity index is 700. The molecule has 0 atom stereocenters. The summed E-state index contributed by atoms with van der Waals surface area (Å²) in [6.07, 6.45) is 1.39. The predicted octanol–water partition coefficient (Wildman–Crippen LogP) is 2.47. The summed E-state index contributed by atoms with van der Waals surface area (Å²) in [7, 11) is 3.24. The first-order valence-electron chi connectivity index (χ1n) is 8.62. The molecule has 26 heavy (non-hydrogen) atoms. The zero-order chi connectivity index (χ0) is 18.9. The molecule has 142 valence electrons. The molecule has 1 N–H and O–H groups in total. The first-order chi connectivity index (χ1) is 12.5. The SMILES string of the molecule is COCCNC(=O)c1coc(CN(Cc2cccc(OC)c2)C(C)C)n1. The number of nitrogens with one attached hydrogen (secondary N) is 1. The maximum absolute atomic E-state index is 12.0. The fourth-order valence-electron chi connectivity index (χ4n) is 2.45. The summed E-state index contributed by atoms with van der Waals surface area (Å²) in [5.41, 5.74) is 1.42. The van der Waals surface area contributed by atoms with Crippen molar-refractivity contribution in [2.75, 3.05) is 27.4 Å². The van der Waals surface area contributed by atoms with Gasteiger partial charge in [-0.05, 0) is 31.5 Å². The van der Waals surface area contributed by atoms with Gasteiger partial charge in [0, 0.05) is 26.2 Å². The highest BCUT2D eigenvalue weighted by atomic mass is 16.5. The molecule has 1 aromatic heterocycles. The molecule has 2 aromatic rings. The smallest absolute Gasteiger partial charge is 0.273 e. The van der Waals surface area contributed by atoms with Crippen molar-refractivity contribution in [3.05, 3.63) is 47.7 Å². The molecule has 1 heterocycles. The highest BCUT2D eigenvalue weighted by Crippen LogP contribution is 2.17. The van der Waals surface area contributed by atoms with Crippen molar-refractivity contribution in [2.45, 2.75) is 33.0 Å². The van der Waals surface area contributed by atoms with Gasteiger partial charge in [-0.25, -0.2) is 4.98 Å². The number of ether oxygens (including phenoxy) is 2. The number of methoxy groups -OCH3 is 2. The zero-order valence-electron chi connectivity index (χ0n) is 15.8. The van der Waals surface area contributed by atoms with E-state index in [9.17, 15) is 4.79 Å². The van der Waals surface area contributed by atoms with Crippen LogP contribution < -0.4 is 10.1 Å². The lowest BCUT2D eigenvalue weighted by molar-refractivity contribution is 0.0932. The predicted molar refractivity (Wildman–Crippen MR) is 98.1 cm³/mol. The lowest BCUT2D eigenvalue weighted by Gasteiger charge is -2.25. The van der Waals surface area contributed by atoms with Gasteiger partial charge in [0.05, 0.1) is 20.3 Å². The monoisotopic (exact) mass is 361 g/mol. The standard InChI is InChI=1S/C19H27N3O4/c1-14(2)22(11-15-6-5-7-16(10-15)25-4)12-18-21-17(13-26-18)19(23)20-8-9-24-3/h5-7,10,13-14H,8-9,11-12H2,1-4H3,(H,20,23). The van der Waals surface area contributed by atoms with Crippen LogP contribution in [-0.4, -0.2) is 49.2 Å². The van der Waals surface area contributed by atoms with E-state index >= 15 is 0 Å². The van der Waals surface area contributed by atoms with Gasteiger partial charge in [0.15, 0.2) is 5.69 Å². The topological polar surface area (TPSA) is 76.8 Å². The molecule has 0 aliphatic carbocycles. The number of rotatable bonds is 10. The third kappa shape index (κ3) is 5.86. The fourth-order valence-corrected chi connectivity index (χ4v) is 2.45. The Morgan fingerprint density at radius 1 is 1.31 bits per heavy atom. The third-order valence-corrected chi connectivity index (χ3v) is 3.96. The number of amides is 1. The van der Waals surface area contributed by atoms with E-state index < -0.39 is 0 Å². The Balaban J connectivity index is 2.00. The van der Waals surface area contributed by atoms with Crippen LogP contribution in [0, 0.1) is 0 Å². The molecule has 1 aromatic carbocycles. The van der Waals surface area contributed by atoms with Crippen LogP contribution in [0.3, 0.4) is 0 Å². The van der Waals surface area contributed by atoms with Crippen LogP contribution in [-0.2, 0) is 17.8 Å². The summed E-state index contributed by atoms with van der Waals surface area (Å²) in [5.74, 6) is 1.08. The van der Waals surface area contributed by atoms with Crippen molar-refractivity contribution in [3.8, 4) is 5.75 Å². The van der Waals surface area contributed by atoms with Gasteiger partial charge in [0.2, 0.25) is 5.89 Å². The van der Waals surface area contributed by atoms with Crippen LogP contribution >= 0.6 is 0 Å². The molecule has 0 fully saturated rings. The third-order valence-electron chi connectivity index (χ3n) is 3.96. The molecule has 1 amide bonds. The molecular weight excluding hydrogens is 334 g/mol. The number of benzene rings is 1. The molecular formula is C19H27N3O4. The number of hydrogen-bond acceptors (Lipinski definition) is 6. The normalized spacial score (nSPS) is 11.2. The molecule has 2 rings (SSSR count). The molecule has 0 aliphatic heterocycles. The molecule has 0 bridgehead atoms. The van der Waals surface area contributed by atoms with E-state index in [0.717, 1.165) is 17.9 Å². The summed E-state index contributed by atoms with van der Waals surface area (Å²) in [4.78, 5) is 18.5. The number of oxazole rings is 1. The van der Waals surface area contributed by atoms with Gasteiger partial charge in [-0.15, -0.1) is 0 Å². The average molecular weight is 361 g/mol. The Labute approximate surface area is 154 Å². The van der Waals surface area contributed by atoms with Crippen LogP contribution in [0.5, 0.6) is 5.75 Å². The molecule has 7 nitrogen and oxygen atoms in total.